The number of halogens is 1. The molecule has 2 rings (SSSR count). The van der Waals surface area contributed by atoms with Crippen LogP contribution in [0.5, 0.6) is 0 Å². The topological polar surface area (TPSA) is 40.6 Å². The van der Waals surface area contributed by atoms with Crippen LogP contribution in [0.25, 0.3) is 0 Å². The summed E-state index contributed by atoms with van der Waals surface area (Å²) in [4.78, 5) is 26.8. The lowest BCUT2D eigenvalue weighted by Crippen LogP contribution is -2.33. The summed E-state index contributed by atoms with van der Waals surface area (Å²) in [6, 6.07) is 9.39. The standard InChI is InChI=1S/C13H15BrN2O2/c14-7-4-8-15-10-12(17)16(13(15)18)9-11-5-2-1-3-6-11/h1-3,5-6H,4,7-10H2. The third-order valence-electron chi connectivity index (χ3n) is 2.87. The summed E-state index contributed by atoms with van der Waals surface area (Å²) < 4.78 is 0. The van der Waals surface area contributed by atoms with Gasteiger partial charge in [-0.25, -0.2) is 4.79 Å². The Hall–Kier alpha value is -1.36. The maximum Gasteiger partial charge on any atom is 0.327 e. The molecule has 1 aliphatic rings. The molecule has 1 aromatic rings. The van der Waals surface area contributed by atoms with Crippen LogP contribution >= 0.6 is 15.9 Å². The number of rotatable bonds is 5. The van der Waals surface area contributed by atoms with Crippen LogP contribution in [0.2, 0.25) is 0 Å². The highest BCUT2D eigenvalue weighted by Crippen LogP contribution is 2.15. The molecule has 0 saturated carbocycles. The molecule has 0 aromatic heterocycles. The molecule has 5 heteroatoms. The third kappa shape index (κ3) is 2.90. The number of carbonyl (C=O) groups is 2. The maximum absolute atomic E-state index is 12.0. The number of nitrogens with zero attached hydrogens (tertiary/aromatic N) is 2. The lowest BCUT2D eigenvalue weighted by atomic mass is 10.2. The van der Waals surface area contributed by atoms with Crippen molar-refractivity contribution in [3.05, 3.63) is 35.9 Å². The van der Waals surface area contributed by atoms with Crippen LogP contribution in [0.15, 0.2) is 30.3 Å². The van der Waals surface area contributed by atoms with Crippen molar-refractivity contribution in [2.45, 2.75) is 13.0 Å². The van der Waals surface area contributed by atoms with Crippen molar-refractivity contribution in [1.29, 1.82) is 0 Å². The maximum atomic E-state index is 12.0. The largest absolute Gasteiger partial charge is 0.327 e. The summed E-state index contributed by atoms with van der Waals surface area (Å²) in [5, 5.41) is 0.837. The van der Waals surface area contributed by atoms with Gasteiger partial charge in [-0.15, -0.1) is 0 Å². The summed E-state index contributed by atoms with van der Waals surface area (Å²) in [5.74, 6) is -0.113. The van der Waals surface area contributed by atoms with Crippen LogP contribution in [-0.4, -0.2) is 40.2 Å². The fourth-order valence-corrected chi connectivity index (χ4v) is 2.19. The SMILES string of the molecule is O=C1CN(CCCBr)C(=O)N1Cc1ccccc1. The second-order valence-electron chi connectivity index (χ2n) is 4.21. The molecule has 0 aliphatic carbocycles. The monoisotopic (exact) mass is 310 g/mol. The number of urea groups is 1. The summed E-state index contributed by atoms with van der Waals surface area (Å²) in [6.07, 6.45) is 0.859. The molecule has 0 N–H and O–H groups in total. The number of imide groups is 1. The predicted molar refractivity (Wildman–Crippen MR) is 72.4 cm³/mol. The van der Waals surface area contributed by atoms with Crippen molar-refractivity contribution in [2.24, 2.45) is 0 Å². The third-order valence-corrected chi connectivity index (χ3v) is 3.43. The number of amides is 3. The fourth-order valence-electron chi connectivity index (χ4n) is 1.94. The minimum atomic E-state index is -0.176. The first-order chi connectivity index (χ1) is 8.72. The quantitative estimate of drug-likeness (QED) is 0.618. The second-order valence-corrected chi connectivity index (χ2v) is 5.01. The van der Waals surface area contributed by atoms with E-state index in [9.17, 15) is 9.59 Å². The minimum Gasteiger partial charge on any atom is -0.315 e. The summed E-state index contributed by atoms with van der Waals surface area (Å²) in [6.45, 7) is 1.20. The Bertz CT molecular complexity index is 436. The Morgan fingerprint density at radius 1 is 1.17 bits per heavy atom. The zero-order chi connectivity index (χ0) is 13.0. The van der Waals surface area contributed by atoms with E-state index < -0.39 is 0 Å². The lowest BCUT2D eigenvalue weighted by molar-refractivity contribution is -0.125. The first-order valence-electron chi connectivity index (χ1n) is 5.91. The van der Waals surface area contributed by atoms with Crippen molar-refractivity contribution >= 4 is 27.9 Å². The minimum absolute atomic E-state index is 0.113. The first-order valence-corrected chi connectivity index (χ1v) is 7.03. The molecule has 1 saturated heterocycles. The van der Waals surface area contributed by atoms with E-state index in [0.717, 1.165) is 17.3 Å². The number of carbonyl (C=O) groups excluding carboxylic acids is 2. The summed E-state index contributed by atoms with van der Waals surface area (Å²) in [7, 11) is 0. The van der Waals surface area contributed by atoms with E-state index >= 15 is 0 Å². The van der Waals surface area contributed by atoms with Crippen LogP contribution in [-0.2, 0) is 11.3 Å². The smallest absolute Gasteiger partial charge is 0.315 e. The Balaban J connectivity index is 2.01. The zero-order valence-electron chi connectivity index (χ0n) is 10.0. The van der Waals surface area contributed by atoms with Gasteiger partial charge in [-0.1, -0.05) is 46.3 Å². The lowest BCUT2D eigenvalue weighted by Gasteiger charge is -2.16. The number of benzene rings is 1. The molecule has 1 aliphatic heterocycles. The van der Waals surface area contributed by atoms with Gasteiger partial charge in [-0.2, -0.15) is 0 Å². The highest BCUT2D eigenvalue weighted by molar-refractivity contribution is 9.09. The van der Waals surface area contributed by atoms with Gasteiger partial charge in [-0.3, -0.25) is 9.69 Å². The molecule has 0 bridgehead atoms. The molecule has 0 atom stereocenters. The highest BCUT2D eigenvalue weighted by atomic mass is 79.9. The van der Waals surface area contributed by atoms with E-state index in [1.54, 1.807) is 4.90 Å². The molecular formula is C13H15BrN2O2. The number of hydrogen-bond acceptors (Lipinski definition) is 2. The van der Waals surface area contributed by atoms with Gasteiger partial charge in [-0.05, 0) is 12.0 Å². The van der Waals surface area contributed by atoms with Crippen molar-refractivity contribution in [3.63, 3.8) is 0 Å². The van der Waals surface area contributed by atoms with Gasteiger partial charge in [0.05, 0.1) is 6.54 Å². The Kier molecular flexibility index (Phi) is 4.36. The van der Waals surface area contributed by atoms with Gasteiger partial charge in [0.1, 0.15) is 6.54 Å². The number of hydrogen-bond donors (Lipinski definition) is 0. The Morgan fingerprint density at radius 3 is 2.56 bits per heavy atom. The molecule has 1 aromatic carbocycles. The van der Waals surface area contributed by atoms with E-state index in [1.165, 1.54) is 4.90 Å². The van der Waals surface area contributed by atoms with Crippen molar-refractivity contribution < 1.29 is 9.59 Å². The van der Waals surface area contributed by atoms with E-state index in [2.05, 4.69) is 15.9 Å². The van der Waals surface area contributed by atoms with Crippen molar-refractivity contribution in [2.75, 3.05) is 18.4 Å². The normalized spacial score (nSPS) is 15.6. The summed E-state index contributed by atoms with van der Waals surface area (Å²) in [5.41, 5.74) is 0.974. The zero-order valence-corrected chi connectivity index (χ0v) is 11.6. The molecule has 0 unspecified atom stereocenters. The van der Waals surface area contributed by atoms with E-state index in [4.69, 9.17) is 0 Å². The van der Waals surface area contributed by atoms with Crippen molar-refractivity contribution in [1.82, 2.24) is 9.80 Å². The van der Waals surface area contributed by atoms with E-state index in [-0.39, 0.29) is 18.5 Å². The predicted octanol–water partition coefficient (Wildman–Crippen LogP) is 2.24. The molecule has 96 valence electrons. The average Bonchev–Trinajstić information content (AvgIpc) is 2.65. The molecule has 1 fully saturated rings. The van der Waals surface area contributed by atoms with Gasteiger partial charge in [0.25, 0.3) is 5.91 Å². The van der Waals surface area contributed by atoms with Gasteiger partial charge in [0.15, 0.2) is 0 Å². The first kappa shape index (κ1) is 13.1. The number of alkyl halides is 1. The van der Waals surface area contributed by atoms with E-state index in [0.29, 0.717) is 13.1 Å². The van der Waals surface area contributed by atoms with Gasteiger partial charge < -0.3 is 4.90 Å². The molecule has 18 heavy (non-hydrogen) atoms. The van der Waals surface area contributed by atoms with Gasteiger partial charge in [0.2, 0.25) is 0 Å². The van der Waals surface area contributed by atoms with Crippen LogP contribution in [0.3, 0.4) is 0 Å². The van der Waals surface area contributed by atoms with Crippen LogP contribution in [0.1, 0.15) is 12.0 Å². The van der Waals surface area contributed by atoms with Crippen LogP contribution in [0.4, 0.5) is 4.79 Å². The molecule has 0 radical (unpaired) electrons. The summed E-state index contributed by atoms with van der Waals surface area (Å²) >= 11 is 3.32. The van der Waals surface area contributed by atoms with E-state index in [1.807, 2.05) is 30.3 Å². The molecule has 0 spiro atoms. The Labute approximate surface area is 115 Å². The average molecular weight is 311 g/mol. The Morgan fingerprint density at radius 2 is 1.89 bits per heavy atom. The van der Waals surface area contributed by atoms with Crippen LogP contribution < -0.4 is 0 Å². The van der Waals surface area contributed by atoms with Crippen molar-refractivity contribution in [3.8, 4) is 0 Å². The van der Waals surface area contributed by atoms with Gasteiger partial charge >= 0.3 is 6.03 Å². The molecule has 1 heterocycles. The second kappa shape index (κ2) is 6.00. The highest BCUT2D eigenvalue weighted by Gasteiger charge is 2.35. The molecule has 4 nitrogen and oxygen atoms in total. The molecular weight excluding hydrogens is 296 g/mol. The fraction of sp³-hybridized carbons (Fsp3) is 0.385. The van der Waals surface area contributed by atoms with Gasteiger partial charge in [0, 0.05) is 11.9 Å². The van der Waals surface area contributed by atoms with Crippen LogP contribution in [0, 0.1) is 0 Å². The molecule has 3 amide bonds.